The van der Waals surface area contributed by atoms with E-state index in [2.05, 4.69) is 25.0 Å². The smallest absolute Gasteiger partial charge is 0.459 e. The molecule has 0 radical (unpaired) electrons. The average molecular weight is 590 g/mol. The average Bonchev–Trinajstić information content (AvgIpc) is 3.44. The molecule has 41 heavy (non-hydrogen) atoms. The molecule has 16 nitrogen and oxygen atoms in total. The highest BCUT2D eigenvalue weighted by Gasteiger charge is 2.54. The Labute approximate surface area is 232 Å². The molecule has 1 aliphatic heterocycles. The molecule has 5 rings (SSSR count). The number of ether oxygens (including phenoxy) is 2. The third kappa shape index (κ3) is 5.53. The summed E-state index contributed by atoms with van der Waals surface area (Å²) in [4.78, 5) is 28.1. The number of carbonyl (C=O) groups is 1. The summed E-state index contributed by atoms with van der Waals surface area (Å²) in [6.45, 7) is 2.03. The van der Waals surface area contributed by atoms with Crippen molar-refractivity contribution >= 4 is 41.7 Å². The minimum Gasteiger partial charge on any atom is -0.480 e. The number of methoxy groups -OCH3 is 1. The van der Waals surface area contributed by atoms with Crippen LogP contribution in [0.2, 0.25) is 0 Å². The van der Waals surface area contributed by atoms with Gasteiger partial charge in [-0.05, 0) is 38.1 Å². The van der Waals surface area contributed by atoms with Crippen LogP contribution in [0.3, 0.4) is 0 Å². The number of nitrogens with one attached hydrogen (secondary N) is 1. The highest BCUT2D eigenvalue weighted by molar-refractivity contribution is 7.52. The second-order valence-corrected chi connectivity index (χ2v) is 11.2. The van der Waals surface area contributed by atoms with Gasteiger partial charge in [-0.2, -0.15) is 15.1 Å². The van der Waals surface area contributed by atoms with Gasteiger partial charge in [-0.3, -0.25) is 18.9 Å². The zero-order chi connectivity index (χ0) is 29.5. The third-order valence-electron chi connectivity index (χ3n) is 6.54. The van der Waals surface area contributed by atoms with Crippen LogP contribution >= 0.6 is 7.75 Å². The molecular formula is C24H28N7O9P. The van der Waals surface area contributed by atoms with Crippen LogP contribution in [0.5, 0.6) is 11.6 Å². The molecular weight excluding hydrogens is 561 g/mol. The molecule has 0 bridgehead atoms. The molecule has 4 heterocycles. The number of benzene rings is 1. The Morgan fingerprint density at radius 2 is 2.10 bits per heavy atom. The van der Waals surface area contributed by atoms with Crippen molar-refractivity contribution in [3.63, 3.8) is 0 Å². The molecule has 1 aliphatic rings. The number of anilines is 1. The van der Waals surface area contributed by atoms with E-state index in [1.807, 2.05) is 0 Å². The van der Waals surface area contributed by atoms with E-state index in [1.54, 1.807) is 30.5 Å². The number of hydrogen-bond acceptors (Lipinski definition) is 13. The van der Waals surface area contributed by atoms with Gasteiger partial charge in [0.25, 0.3) is 0 Å². The van der Waals surface area contributed by atoms with Gasteiger partial charge in [0.15, 0.2) is 17.4 Å². The van der Waals surface area contributed by atoms with Gasteiger partial charge in [-0.1, -0.05) is 6.07 Å². The van der Waals surface area contributed by atoms with E-state index in [-0.39, 0.29) is 28.7 Å². The lowest BCUT2D eigenvalue weighted by Crippen LogP contribution is -2.44. The Balaban J connectivity index is 1.39. The van der Waals surface area contributed by atoms with E-state index < -0.39 is 50.4 Å². The third-order valence-corrected chi connectivity index (χ3v) is 8.18. The van der Waals surface area contributed by atoms with Crippen molar-refractivity contribution in [3.05, 3.63) is 42.9 Å². The highest BCUT2D eigenvalue weighted by Crippen LogP contribution is 2.47. The zero-order valence-electron chi connectivity index (χ0n) is 22.1. The van der Waals surface area contributed by atoms with E-state index in [1.165, 1.54) is 37.9 Å². The summed E-state index contributed by atoms with van der Waals surface area (Å²) in [7, 11) is -3.00. The van der Waals surface area contributed by atoms with Crippen molar-refractivity contribution in [2.75, 3.05) is 19.5 Å². The predicted octanol–water partition coefficient (Wildman–Crippen LogP) is 1.24. The van der Waals surface area contributed by atoms with Crippen LogP contribution in [0, 0.1) is 0 Å². The maximum atomic E-state index is 13.8. The molecule has 17 heteroatoms. The van der Waals surface area contributed by atoms with Gasteiger partial charge in [0, 0.05) is 11.6 Å². The molecule has 0 spiro atoms. The van der Waals surface area contributed by atoms with Crippen molar-refractivity contribution in [2.24, 2.45) is 0 Å². The molecule has 1 aromatic carbocycles. The number of nitrogens with two attached hydrogens (primary N) is 1. The van der Waals surface area contributed by atoms with Crippen LogP contribution < -0.4 is 20.1 Å². The van der Waals surface area contributed by atoms with Gasteiger partial charge >= 0.3 is 13.7 Å². The van der Waals surface area contributed by atoms with E-state index in [0.29, 0.717) is 10.9 Å². The number of aliphatic hydroxyl groups excluding tert-OH is 1. The molecule has 3 aromatic heterocycles. The number of nitrogen functional groups attached to an aromatic ring is 1. The molecule has 6 N–H and O–H groups in total. The molecule has 3 unspecified atom stereocenters. The molecule has 6 atom stereocenters. The number of carboxylic acids is 1. The topological polar surface area (TPSA) is 226 Å². The van der Waals surface area contributed by atoms with Gasteiger partial charge in [0.1, 0.15) is 29.6 Å². The maximum absolute atomic E-state index is 13.8. The molecule has 4 aromatic rings. The number of carboxylic acid groups (broad SMARTS) is 1. The summed E-state index contributed by atoms with van der Waals surface area (Å²) < 4.78 is 37.5. The molecule has 0 amide bonds. The molecule has 1 saturated heterocycles. The van der Waals surface area contributed by atoms with E-state index in [9.17, 15) is 24.7 Å². The first-order chi connectivity index (χ1) is 19.4. The summed E-state index contributed by atoms with van der Waals surface area (Å²) in [6.07, 6.45) is -1.10. The number of nitrogens with zero attached hydrogens (tertiary/aromatic N) is 5. The van der Waals surface area contributed by atoms with Crippen LogP contribution in [0.4, 0.5) is 5.95 Å². The Bertz CT molecular complexity index is 1650. The highest BCUT2D eigenvalue weighted by atomic mass is 31.2. The van der Waals surface area contributed by atoms with Crippen molar-refractivity contribution < 1.29 is 43.2 Å². The van der Waals surface area contributed by atoms with Crippen molar-refractivity contribution in [2.45, 2.75) is 43.9 Å². The zero-order valence-corrected chi connectivity index (χ0v) is 23.0. The number of pyridine rings is 1. The lowest BCUT2D eigenvalue weighted by Gasteiger charge is -2.27. The number of rotatable bonds is 10. The van der Waals surface area contributed by atoms with E-state index in [4.69, 9.17) is 24.3 Å². The fraction of sp³-hybridized carbons (Fsp3) is 0.375. The minimum absolute atomic E-state index is 0.102. The second kappa shape index (κ2) is 10.8. The SMILES string of the molecule is COc1nc(N)nc2c1ncn2C1O[C@H](COP(=O)(NC(C)C(=O)O)Oc2ccc3ncccc3c2)[C@@H](O)[C@@]1(C)O. The number of aliphatic carboxylic acids is 1. The lowest BCUT2D eigenvalue weighted by molar-refractivity contribution is -0.138. The molecule has 0 aliphatic carbocycles. The number of imidazole rings is 1. The number of hydrogen-bond donors (Lipinski definition) is 5. The first-order valence-corrected chi connectivity index (χ1v) is 13.9. The van der Waals surface area contributed by atoms with Crippen LogP contribution in [-0.2, 0) is 18.6 Å². The van der Waals surface area contributed by atoms with Crippen molar-refractivity contribution in [1.82, 2.24) is 29.6 Å². The van der Waals surface area contributed by atoms with Crippen LogP contribution in [0.15, 0.2) is 42.9 Å². The van der Waals surface area contributed by atoms with Gasteiger partial charge in [0.2, 0.25) is 11.8 Å². The van der Waals surface area contributed by atoms with Gasteiger partial charge in [-0.15, -0.1) is 0 Å². The first-order valence-electron chi connectivity index (χ1n) is 12.3. The number of aliphatic hydroxyl groups is 2. The standard InChI is InChI=1S/C24H28N7O9P/c1-12(21(33)34)30-41(36,40-14-6-7-15-13(9-14)5-4-8-26-15)38-10-16-18(32)24(2,35)22(39-16)31-11-27-17-19(31)28-23(25)29-20(17)37-3/h4-9,11-12,16,18,22,32,35H,10H2,1-3H3,(H,30,36)(H,33,34)(H2,25,28,29)/t12?,16-,18-,22?,24-,41?/m1/s1. The summed E-state index contributed by atoms with van der Waals surface area (Å²) in [6, 6.07) is 6.87. The van der Waals surface area contributed by atoms with Crippen LogP contribution in [0.1, 0.15) is 20.1 Å². The summed E-state index contributed by atoms with van der Waals surface area (Å²) in [5.41, 5.74) is 4.95. The fourth-order valence-electron chi connectivity index (χ4n) is 4.40. The Kier molecular flexibility index (Phi) is 7.54. The molecule has 0 saturated carbocycles. The fourth-order valence-corrected chi connectivity index (χ4v) is 5.90. The largest absolute Gasteiger partial charge is 0.480 e. The van der Waals surface area contributed by atoms with E-state index in [0.717, 1.165) is 0 Å². The van der Waals surface area contributed by atoms with Gasteiger partial charge < -0.3 is 35.1 Å². The molecule has 218 valence electrons. The second-order valence-electron chi connectivity index (χ2n) is 9.54. The Morgan fingerprint density at radius 1 is 1.32 bits per heavy atom. The van der Waals surface area contributed by atoms with Crippen molar-refractivity contribution in [3.8, 4) is 11.6 Å². The Morgan fingerprint density at radius 3 is 2.83 bits per heavy atom. The summed E-state index contributed by atoms with van der Waals surface area (Å²) in [5, 5.41) is 34.6. The molecule has 1 fully saturated rings. The van der Waals surface area contributed by atoms with E-state index >= 15 is 0 Å². The number of fused-ring (bicyclic) bond motifs is 2. The predicted molar refractivity (Wildman–Crippen MR) is 143 cm³/mol. The lowest BCUT2D eigenvalue weighted by atomic mass is 9.96. The van der Waals surface area contributed by atoms with Gasteiger partial charge in [0.05, 0.1) is 25.6 Å². The number of aromatic nitrogens is 5. The quantitative estimate of drug-likeness (QED) is 0.164. The van der Waals surface area contributed by atoms with Crippen LogP contribution in [-0.4, -0.2) is 83.4 Å². The Hall–Kier alpha value is -3.92. The monoisotopic (exact) mass is 589 g/mol. The first kappa shape index (κ1) is 28.6. The van der Waals surface area contributed by atoms with Crippen molar-refractivity contribution in [1.29, 1.82) is 0 Å². The van der Waals surface area contributed by atoms with Crippen LogP contribution in [0.25, 0.3) is 22.1 Å². The normalized spacial score (nSPS) is 24.8. The maximum Gasteiger partial charge on any atom is 0.459 e. The minimum atomic E-state index is -4.38. The summed E-state index contributed by atoms with van der Waals surface area (Å²) in [5.74, 6) is -1.20. The summed E-state index contributed by atoms with van der Waals surface area (Å²) >= 11 is 0. The van der Waals surface area contributed by atoms with Gasteiger partial charge in [-0.25, -0.2) is 9.55 Å².